The van der Waals surface area contributed by atoms with Gasteiger partial charge in [0.1, 0.15) is 5.82 Å². The Morgan fingerprint density at radius 2 is 1.80 bits per heavy atom. The van der Waals surface area contributed by atoms with E-state index in [1.165, 1.54) is 30.3 Å². The number of aromatic hydroxyl groups is 2. The van der Waals surface area contributed by atoms with Crippen LogP contribution >= 0.6 is 0 Å². The number of amides is 1. The highest BCUT2D eigenvalue weighted by Crippen LogP contribution is 2.27. The van der Waals surface area contributed by atoms with Crippen LogP contribution in [0.2, 0.25) is 0 Å². The van der Waals surface area contributed by atoms with Gasteiger partial charge in [-0.3, -0.25) is 4.79 Å². The maximum absolute atomic E-state index is 12.7. The Morgan fingerprint density at radius 3 is 2.50 bits per heavy atom. The number of nitrogens with one attached hydrogen (secondary N) is 1. The van der Waals surface area contributed by atoms with Gasteiger partial charge in [-0.15, -0.1) is 0 Å². The van der Waals surface area contributed by atoms with Crippen molar-refractivity contribution in [3.8, 4) is 11.5 Å². The number of benzene rings is 2. The molecule has 0 saturated heterocycles. The molecule has 104 valence electrons. The second-order valence-corrected chi connectivity index (χ2v) is 4.31. The van der Waals surface area contributed by atoms with Crippen molar-refractivity contribution in [2.45, 2.75) is 6.42 Å². The number of rotatable bonds is 4. The summed E-state index contributed by atoms with van der Waals surface area (Å²) in [5.74, 6) is -1.55. The molecule has 0 bridgehead atoms. The van der Waals surface area contributed by atoms with Gasteiger partial charge in [0.15, 0.2) is 11.5 Å². The Balaban J connectivity index is 1.92. The number of halogens is 1. The summed E-state index contributed by atoms with van der Waals surface area (Å²) in [5.41, 5.74) is 0.913. The predicted octanol–water partition coefficient (Wildman–Crippen LogP) is 2.21. The lowest BCUT2D eigenvalue weighted by molar-refractivity contribution is 0.0951. The first-order valence-corrected chi connectivity index (χ1v) is 6.11. The molecule has 3 N–H and O–H groups in total. The topological polar surface area (TPSA) is 69.6 Å². The molecule has 2 aromatic carbocycles. The molecule has 0 radical (unpaired) electrons. The van der Waals surface area contributed by atoms with Crippen LogP contribution in [0.25, 0.3) is 0 Å². The molecule has 0 aliphatic carbocycles. The molecular formula is C15H14FNO3. The average Bonchev–Trinajstić information content (AvgIpc) is 2.44. The standard InChI is InChI=1S/C15H14FNO3/c16-11-6-4-10(5-7-11)8-9-17-15(20)12-2-1-3-13(18)14(12)19/h1-7,18-19H,8-9H2,(H,17,20). The number of hydrogen-bond acceptors (Lipinski definition) is 3. The molecule has 0 fully saturated rings. The van der Waals surface area contributed by atoms with Gasteiger partial charge in [0, 0.05) is 6.54 Å². The van der Waals surface area contributed by atoms with Crippen molar-refractivity contribution >= 4 is 5.91 Å². The molecule has 2 rings (SSSR count). The highest BCUT2D eigenvalue weighted by Gasteiger charge is 2.13. The van der Waals surface area contributed by atoms with E-state index in [2.05, 4.69) is 5.32 Å². The second-order valence-electron chi connectivity index (χ2n) is 4.31. The molecule has 0 aliphatic rings. The summed E-state index contributed by atoms with van der Waals surface area (Å²) in [4.78, 5) is 11.8. The van der Waals surface area contributed by atoms with Gasteiger partial charge < -0.3 is 15.5 Å². The molecule has 2 aromatic rings. The van der Waals surface area contributed by atoms with E-state index in [1.54, 1.807) is 12.1 Å². The molecule has 0 unspecified atom stereocenters. The van der Waals surface area contributed by atoms with Gasteiger partial charge in [-0.1, -0.05) is 18.2 Å². The van der Waals surface area contributed by atoms with Crippen LogP contribution in [0.1, 0.15) is 15.9 Å². The fraction of sp³-hybridized carbons (Fsp3) is 0.133. The van der Waals surface area contributed by atoms with E-state index in [-0.39, 0.29) is 17.1 Å². The highest BCUT2D eigenvalue weighted by atomic mass is 19.1. The lowest BCUT2D eigenvalue weighted by Crippen LogP contribution is -2.25. The maximum atomic E-state index is 12.7. The van der Waals surface area contributed by atoms with Gasteiger partial charge in [-0.25, -0.2) is 4.39 Å². The fourth-order valence-electron chi connectivity index (χ4n) is 1.78. The summed E-state index contributed by atoms with van der Waals surface area (Å²) in [6, 6.07) is 10.2. The zero-order valence-electron chi connectivity index (χ0n) is 10.6. The largest absolute Gasteiger partial charge is 0.504 e. The summed E-state index contributed by atoms with van der Waals surface area (Å²) < 4.78 is 12.7. The molecule has 5 heteroatoms. The van der Waals surface area contributed by atoms with E-state index in [0.29, 0.717) is 13.0 Å². The number of carbonyl (C=O) groups is 1. The van der Waals surface area contributed by atoms with Crippen LogP contribution in [0, 0.1) is 5.82 Å². The number of phenolic OH excluding ortho intramolecular Hbond substituents is 2. The molecule has 4 nitrogen and oxygen atoms in total. The van der Waals surface area contributed by atoms with Crippen LogP contribution in [0.5, 0.6) is 11.5 Å². The molecule has 0 aromatic heterocycles. The van der Waals surface area contributed by atoms with E-state index in [4.69, 9.17) is 0 Å². The minimum Gasteiger partial charge on any atom is -0.504 e. The Morgan fingerprint density at radius 1 is 1.10 bits per heavy atom. The van der Waals surface area contributed by atoms with E-state index >= 15 is 0 Å². The van der Waals surface area contributed by atoms with Crippen LogP contribution in [-0.4, -0.2) is 22.7 Å². The average molecular weight is 275 g/mol. The minimum absolute atomic E-state index is 0.0177. The molecular weight excluding hydrogens is 261 g/mol. The van der Waals surface area contributed by atoms with E-state index in [1.807, 2.05) is 0 Å². The third kappa shape index (κ3) is 3.26. The van der Waals surface area contributed by atoms with Crippen molar-refractivity contribution in [3.63, 3.8) is 0 Å². The highest BCUT2D eigenvalue weighted by molar-refractivity contribution is 5.97. The number of para-hydroxylation sites is 1. The van der Waals surface area contributed by atoms with Crippen molar-refractivity contribution in [2.75, 3.05) is 6.54 Å². The first-order chi connectivity index (χ1) is 9.58. The zero-order valence-corrected chi connectivity index (χ0v) is 10.6. The Hall–Kier alpha value is -2.56. The SMILES string of the molecule is O=C(NCCc1ccc(F)cc1)c1cccc(O)c1O. The quantitative estimate of drug-likeness (QED) is 0.749. The van der Waals surface area contributed by atoms with Gasteiger partial charge >= 0.3 is 0 Å². The summed E-state index contributed by atoms with van der Waals surface area (Å²) in [6.45, 7) is 0.347. The minimum atomic E-state index is -0.472. The van der Waals surface area contributed by atoms with Crippen LogP contribution in [0.4, 0.5) is 4.39 Å². The van der Waals surface area contributed by atoms with Crippen LogP contribution in [0.15, 0.2) is 42.5 Å². The molecule has 0 atom stereocenters. The maximum Gasteiger partial charge on any atom is 0.255 e. The number of phenols is 2. The molecule has 0 spiro atoms. The first-order valence-electron chi connectivity index (χ1n) is 6.11. The van der Waals surface area contributed by atoms with Gasteiger partial charge in [0.05, 0.1) is 5.56 Å². The molecule has 0 heterocycles. The van der Waals surface area contributed by atoms with E-state index in [0.717, 1.165) is 5.56 Å². The van der Waals surface area contributed by atoms with Gasteiger partial charge in [0.25, 0.3) is 5.91 Å². The smallest absolute Gasteiger partial charge is 0.255 e. The van der Waals surface area contributed by atoms with Crippen LogP contribution < -0.4 is 5.32 Å². The monoisotopic (exact) mass is 275 g/mol. The molecule has 20 heavy (non-hydrogen) atoms. The fourth-order valence-corrected chi connectivity index (χ4v) is 1.78. The lowest BCUT2D eigenvalue weighted by Gasteiger charge is -2.07. The van der Waals surface area contributed by atoms with Crippen molar-refractivity contribution in [3.05, 3.63) is 59.4 Å². The van der Waals surface area contributed by atoms with E-state index in [9.17, 15) is 19.4 Å². The van der Waals surface area contributed by atoms with E-state index < -0.39 is 11.7 Å². The molecule has 0 aliphatic heterocycles. The summed E-state index contributed by atoms with van der Waals surface area (Å²) in [6.07, 6.45) is 0.547. The Kier molecular flexibility index (Phi) is 4.20. The molecule has 1 amide bonds. The first kappa shape index (κ1) is 13.9. The van der Waals surface area contributed by atoms with Crippen LogP contribution in [-0.2, 0) is 6.42 Å². The number of hydrogen-bond donors (Lipinski definition) is 3. The summed E-state index contributed by atoms with van der Waals surface area (Å²) in [7, 11) is 0. The summed E-state index contributed by atoms with van der Waals surface area (Å²) >= 11 is 0. The third-order valence-corrected chi connectivity index (χ3v) is 2.87. The van der Waals surface area contributed by atoms with Gasteiger partial charge in [-0.05, 0) is 36.2 Å². The number of carbonyl (C=O) groups excluding carboxylic acids is 1. The third-order valence-electron chi connectivity index (χ3n) is 2.87. The normalized spacial score (nSPS) is 10.2. The van der Waals surface area contributed by atoms with Crippen molar-refractivity contribution < 1.29 is 19.4 Å². The van der Waals surface area contributed by atoms with Crippen molar-refractivity contribution in [2.24, 2.45) is 0 Å². The molecule has 0 saturated carbocycles. The zero-order chi connectivity index (χ0) is 14.5. The second kappa shape index (κ2) is 6.06. The van der Waals surface area contributed by atoms with Gasteiger partial charge in [0.2, 0.25) is 0 Å². The Bertz CT molecular complexity index is 611. The predicted molar refractivity (Wildman–Crippen MR) is 72.2 cm³/mol. The lowest BCUT2D eigenvalue weighted by atomic mass is 10.1. The van der Waals surface area contributed by atoms with Crippen LogP contribution in [0.3, 0.4) is 0 Å². The van der Waals surface area contributed by atoms with Crippen molar-refractivity contribution in [1.29, 1.82) is 0 Å². The Labute approximate surface area is 115 Å². The van der Waals surface area contributed by atoms with Crippen molar-refractivity contribution in [1.82, 2.24) is 5.32 Å². The summed E-state index contributed by atoms with van der Waals surface area (Å²) in [5, 5.41) is 21.5. The van der Waals surface area contributed by atoms with Gasteiger partial charge in [-0.2, -0.15) is 0 Å².